The van der Waals surface area contributed by atoms with Gasteiger partial charge in [0.25, 0.3) is 0 Å². The summed E-state index contributed by atoms with van der Waals surface area (Å²) in [5.41, 5.74) is -0.277. The molecule has 3 heterocycles. The maximum Gasteiger partial charge on any atom is 0.498 e. The second-order valence-corrected chi connectivity index (χ2v) is 10.2. The van der Waals surface area contributed by atoms with Gasteiger partial charge in [0.2, 0.25) is 0 Å². The Hall–Kier alpha value is -1.58. The van der Waals surface area contributed by atoms with Crippen LogP contribution in [0.2, 0.25) is 0 Å². The molecule has 0 spiro atoms. The Balaban J connectivity index is 1.40. The number of rotatable bonds is 5. The molecular formula is C21H36BN3O5. The third kappa shape index (κ3) is 5.56. The van der Waals surface area contributed by atoms with Crippen LogP contribution in [-0.2, 0) is 25.3 Å². The lowest BCUT2D eigenvalue weighted by Crippen LogP contribution is -2.43. The maximum absolute atomic E-state index is 12.1. The van der Waals surface area contributed by atoms with Crippen LogP contribution in [0.5, 0.6) is 0 Å². The van der Waals surface area contributed by atoms with Crippen LogP contribution in [0, 0.1) is 0 Å². The molecule has 0 bridgehead atoms. The Bertz CT molecular complexity index is 719. The fourth-order valence-electron chi connectivity index (χ4n) is 3.45. The molecule has 9 heteroatoms. The second kappa shape index (κ2) is 8.51. The normalized spacial score (nSPS) is 21.8. The summed E-state index contributed by atoms with van der Waals surface area (Å²) in [7, 11) is -0.401. The highest BCUT2D eigenvalue weighted by Gasteiger charge is 2.52. The molecule has 8 nitrogen and oxygen atoms in total. The maximum atomic E-state index is 12.1. The van der Waals surface area contributed by atoms with E-state index < -0.39 is 12.7 Å². The summed E-state index contributed by atoms with van der Waals surface area (Å²) in [6, 6.07) is 0. The molecule has 0 aromatic carbocycles. The third-order valence-corrected chi connectivity index (χ3v) is 5.95. The number of carbonyl (C=O) groups is 1. The standard InChI is InChI=1S/C21H36BN3O5/c1-19(2,3)28-18(26)24-10-8-17(9-11-24)27-13-12-25-15-16(14-23-25)22-29-20(4,5)21(6,7)30-22/h14-15,17H,8-13H2,1-7H3. The van der Waals surface area contributed by atoms with Crippen molar-refractivity contribution in [2.24, 2.45) is 0 Å². The first-order chi connectivity index (χ1) is 13.9. The molecular weight excluding hydrogens is 385 g/mol. The minimum absolute atomic E-state index is 0.154. The van der Waals surface area contributed by atoms with Gasteiger partial charge in [-0.2, -0.15) is 5.10 Å². The lowest BCUT2D eigenvalue weighted by molar-refractivity contribution is -0.0135. The largest absolute Gasteiger partial charge is 0.498 e. The molecule has 0 N–H and O–H groups in total. The number of ether oxygens (including phenoxy) is 2. The number of amides is 1. The van der Waals surface area contributed by atoms with E-state index in [4.69, 9.17) is 18.8 Å². The molecule has 2 fully saturated rings. The highest BCUT2D eigenvalue weighted by atomic mass is 16.7. The molecule has 1 aromatic heterocycles. The highest BCUT2D eigenvalue weighted by molar-refractivity contribution is 6.61. The zero-order valence-corrected chi connectivity index (χ0v) is 19.4. The zero-order chi connectivity index (χ0) is 22.2. The molecule has 30 heavy (non-hydrogen) atoms. The lowest BCUT2D eigenvalue weighted by Gasteiger charge is -2.33. The summed E-state index contributed by atoms with van der Waals surface area (Å²) >= 11 is 0. The summed E-state index contributed by atoms with van der Waals surface area (Å²) in [6.45, 7) is 16.4. The van der Waals surface area contributed by atoms with E-state index in [9.17, 15) is 4.79 Å². The number of nitrogens with zero attached hydrogens (tertiary/aromatic N) is 3. The van der Waals surface area contributed by atoms with Crippen LogP contribution in [0.25, 0.3) is 0 Å². The Morgan fingerprint density at radius 3 is 2.37 bits per heavy atom. The number of piperidine rings is 1. The van der Waals surface area contributed by atoms with Crippen LogP contribution in [-0.4, -0.2) is 70.5 Å². The molecule has 0 radical (unpaired) electrons. The average Bonchev–Trinajstić information content (AvgIpc) is 3.16. The SMILES string of the molecule is CC(C)(C)OC(=O)N1CCC(OCCn2cc(B3OC(C)(C)C(C)(C)O3)cn2)CC1. The van der Waals surface area contributed by atoms with E-state index in [2.05, 4.69) is 5.10 Å². The smallest absolute Gasteiger partial charge is 0.444 e. The fourth-order valence-corrected chi connectivity index (χ4v) is 3.45. The van der Waals surface area contributed by atoms with E-state index in [-0.39, 0.29) is 23.4 Å². The van der Waals surface area contributed by atoms with Crippen molar-refractivity contribution in [1.82, 2.24) is 14.7 Å². The van der Waals surface area contributed by atoms with Gasteiger partial charge in [0.15, 0.2) is 0 Å². The summed E-state index contributed by atoms with van der Waals surface area (Å²) in [6.07, 6.45) is 5.29. The average molecular weight is 421 g/mol. The van der Waals surface area contributed by atoms with Gasteiger partial charge in [-0.15, -0.1) is 0 Å². The van der Waals surface area contributed by atoms with E-state index in [1.807, 2.05) is 59.3 Å². The van der Waals surface area contributed by atoms with Gasteiger partial charge in [0.1, 0.15) is 5.60 Å². The van der Waals surface area contributed by atoms with Crippen molar-refractivity contribution in [3.63, 3.8) is 0 Å². The van der Waals surface area contributed by atoms with E-state index >= 15 is 0 Å². The second-order valence-electron chi connectivity index (χ2n) is 10.2. The summed E-state index contributed by atoms with van der Waals surface area (Å²) in [4.78, 5) is 13.9. The minimum Gasteiger partial charge on any atom is -0.444 e. The fraction of sp³-hybridized carbons (Fsp3) is 0.810. The lowest BCUT2D eigenvalue weighted by atomic mass is 9.82. The number of hydrogen-bond acceptors (Lipinski definition) is 6. The first-order valence-corrected chi connectivity index (χ1v) is 10.8. The van der Waals surface area contributed by atoms with Gasteiger partial charge in [0.05, 0.1) is 30.5 Å². The van der Waals surface area contributed by atoms with Gasteiger partial charge in [-0.1, -0.05) is 0 Å². The molecule has 0 unspecified atom stereocenters. The van der Waals surface area contributed by atoms with Gasteiger partial charge in [-0.25, -0.2) is 4.79 Å². The zero-order valence-electron chi connectivity index (χ0n) is 19.4. The molecule has 0 atom stereocenters. The van der Waals surface area contributed by atoms with Gasteiger partial charge in [-0.3, -0.25) is 4.68 Å². The number of aromatic nitrogens is 2. The van der Waals surface area contributed by atoms with Crippen LogP contribution < -0.4 is 5.46 Å². The van der Waals surface area contributed by atoms with Crippen LogP contribution in [0.15, 0.2) is 12.4 Å². The quantitative estimate of drug-likeness (QED) is 0.681. The van der Waals surface area contributed by atoms with Gasteiger partial charge < -0.3 is 23.7 Å². The molecule has 2 aliphatic rings. The van der Waals surface area contributed by atoms with Crippen molar-refractivity contribution in [2.75, 3.05) is 19.7 Å². The van der Waals surface area contributed by atoms with Gasteiger partial charge in [-0.05, 0) is 61.3 Å². The number of hydrogen-bond donors (Lipinski definition) is 0. The van der Waals surface area contributed by atoms with E-state index in [0.717, 1.165) is 18.3 Å². The molecule has 2 saturated heterocycles. The summed E-state index contributed by atoms with van der Waals surface area (Å²) in [5.74, 6) is 0. The van der Waals surface area contributed by atoms with E-state index in [0.29, 0.717) is 26.2 Å². The van der Waals surface area contributed by atoms with Crippen molar-refractivity contribution in [3.8, 4) is 0 Å². The Morgan fingerprint density at radius 1 is 1.20 bits per heavy atom. The first kappa shape index (κ1) is 23.1. The van der Waals surface area contributed by atoms with Crippen LogP contribution in [0.1, 0.15) is 61.3 Å². The van der Waals surface area contributed by atoms with Crippen molar-refractivity contribution in [2.45, 2.75) is 90.8 Å². The highest BCUT2D eigenvalue weighted by Crippen LogP contribution is 2.36. The molecule has 0 saturated carbocycles. The van der Waals surface area contributed by atoms with E-state index in [1.54, 1.807) is 11.1 Å². The molecule has 3 rings (SSSR count). The predicted octanol–water partition coefficient (Wildman–Crippen LogP) is 2.60. The Kier molecular flexibility index (Phi) is 6.55. The van der Waals surface area contributed by atoms with Crippen LogP contribution >= 0.6 is 0 Å². The molecule has 1 amide bonds. The monoisotopic (exact) mass is 421 g/mol. The molecule has 0 aliphatic carbocycles. The summed E-state index contributed by atoms with van der Waals surface area (Å²) in [5, 5.41) is 4.42. The number of likely N-dealkylation sites (tertiary alicyclic amines) is 1. The van der Waals surface area contributed by atoms with Crippen molar-refractivity contribution >= 4 is 18.7 Å². The van der Waals surface area contributed by atoms with Gasteiger partial charge >= 0.3 is 13.2 Å². The van der Waals surface area contributed by atoms with E-state index in [1.165, 1.54) is 0 Å². The summed E-state index contributed by atoms with van der Waals surface area (Å²) < 4.78 is 25.5. The first-order valence-electron chi connectivity index (χ1n) is 10.8. The third-order valence-electron chi connectivity index (χ3n) is 5.95. The molecule has 1 aromatic rings. The predicted molar refractivity (Wildman–Crippen MR) is 115 cm³/mol. The molecule has 168 valence electrons. The Morgan fingerprint density at radius 2 is 1.80 bits per heavy atom. The van der Waals surface area contributed by atoms with Crippen molar-refractivity contribution in [3.05, 3.63) is 12.4 Å². The number of carbonyl (C=O) groups excluding carboxylic acids is 1. The van der Waals surface area contributed by atoms with Gasteiger partial charge in [0, 0.05) is 30.9 Å². The molecule has 2 aliphatic heterocycles. The Labute approximate surface area is 180 Å². The van der Waals surface area contributed by atoms with Crippen LogP contribution in [0.4, 0.5) is 4.79 Å². The van der Waals surface area contributed by atoms with Crippen molar-refractivity contribution in [1.29, 1.82) is 0 Å². The topological polar surface area (TPSA) is 75.0 Å². The van der Waals surface area contributed by atoms with Crippen LogP contribution in [0.3, 0.4) is 0 Å². The minimum atomic E-state index is -0.465. The van der Waals surface area contributed by atoms with Crippen molar-refractivity contribution < 1.29 is 23.6 Å².